The van der Waals surface area contributed by atoms with Crippen LogP contribution in [0.25, 0.3) is 0 Å². The molecule has 6 nitrogen and oxygen atoms in total. The maximum Gasteiger partial charge on any atom is 0.293 e. The number of amides is 1. The van der Waals surface area contributed by atoms with Gasteiger partial charge in [0, 0.05) is 29.6 Å². The molecule has 2 aromatic rings. The molecule has 0 saturated heterocycles. The van der Waals surface area contributed by atoms with Gasteiger partial charge in [-0.25, -0.2) is 0 Å². The van der Waals surface area contributed by atoms with Gasteiger partial charge in [-0.1, -0.05) is 11.6 Å². The van der Waals surface area contributed by atoms with E-state index in [1.807, 2.05) is 6.07 Å². The number of anilines is 1. The molecule has 8 heteroatoms. The lowest BCUT2D eigenvalue weighted by Gasteiger charge is -2.16. The van der Waals surface area contributed by atoms with Gasteiger partial charge in [0.15, 0.2) is 0 Å². The Morgan fingerprint density at radius 1 is 1.42 bits per heavy atom. The molecule has 0 bridgehead atoms. The second kappa shape index (κ2) is 6.78. The van der Waals surface area contributed by atoms with Crippen LogP contribution in [0.15, 0.2) is 30.3 Å². The minimum Gasteiger partial charge on any atom is -0.377 e. The van der Waals surface area contributed by atoms with Gasteiger partial charge in [-0.05, 0) is 37.1 Å². The van der Waals surface area contributed by atoms with Crippen molar-refractivity contribution in [2.75, 3.05) is 12.4 Å². The van der Waals surface area contributed by atoms with Crippen molar-refractivity contribution in [1.82, 2.24) is 4.90 Å². The number of carbonyl (C=O) groups is 1. The van der Waals surface area contributed by atoms with E-state index < -0.39 is 4.92 Å². The van der Waals surface area contributed by atoms with Crippen LogP contribution in [0.3, 0.4) is 0 Å². The second-order valence-electron chi connectivity index (χ2n) is 5.77. The van der Waals surface area contributed by atoms with Crippen molar-refractivity contribution in [2.45, 2.75) is 25.4 Å². The Hall–Kier alpha value is -2.12. The molecular formula is C16H16ClN3O3S. The molecule has 24 heavy (non-hydrogen) atoms. The minimum atomic E-state index is -0.458. The van der Waals surface area contributed by atoms with E-state index in [1.54, 1.807) is 25.2 Å². The Bertz CT molecular complexity index is 789. The first-order valence-electron chi connectivity index (χ1n) is 7.48. The summed E-state index contributed by atoms with van der Waals surface area (Å²) >= 11 is 7.30. The highest BCUT2D eigenvalue weighted by Gasteiger charge is 2.26. The predicted molar refractivity (Wildman–Crippen MR) is 94.9 cm³/mol. The predicted octanol–water partition coefficient (Wildman–Crippen LogP) is 4.16. The highest BCUT2D eigenvalue weighted by Crippen LogP contribution is 2.32. The Morgan fingerprint density at radius 3 is 2.75 bits per heavy atom. The van der Waals surface area contributed by atoms with E-state index in [0.717, 1.165) is 17.7 Å². The Kier molecular flexibility index (Phi) is 4.73. The molecule has 0 aliphatic heterocycles. The fourth-order valence-electron chi connectivity index (χ4n) is 2.35. The fourth-order valence-corrected chi connectivity index (χ4v) is 3.49. The molecule has 1 N–H and O–H groups in total. The Balaban J connectivity index is 1.78. The van der Waals surface area contributed by atoms with Crippen LogP contribution in [0.5, 0.6) is 0 Å². The molecule has 1 aromatic heterocycles. The zero-order chi connectivity index (χ0) is 17.3. The lowest BCUT2D eigenvalue weighted by molar-refractivity contribution is -0.384. The van der Waals surface area contributed by atoms with Crippen LogP contribution in [0.2, 0.25) is 4.34 Å². The maximum absolute atomic E-state index is 12.5. The molecule has 1 aliphatic rings. The number of nitro groups is 1. The van der Waals surface area contributed by atoms with Gasteiger partial charge in [0.2, 0.25) is 0 Å². The van der Waals surface area contributed by atoms with Crippen LogP contribution in [0, 0.1) is 10.1 Å². The number of halogens is 1. The van der Waals surface area contributed by atoms with E-state index in [9.17, 15) is 14.9 Å². The topological polar surface area (TPSA) is 75.5 Å². The number of nitro benzene ring substituents is 1. The molecule has 0 radical (unpaired) electrons. The molecule has 0 spiro atoms. The summed E-state index contributed by atoms with van der Waals surface area (Å²) in [4.78, 5) is 25.8. The summed E-state index contributed by atoms with van der Waals surface area (Å²) in [6.45, 7) is 0.409. The number of nitrogens with one attached hydrogen (secondary N) is 1. The molecule has 1 heterocycles. The van der Waals surface area contributed by atoms with Gasteiger partial charge in [0.25, 0.3) is 11.6 Å². The van der Waals surface area contributed by atoms with Crippen LogP contribution in [-0.4, -0.2) is 28.8 Å². The fraction of sp³-hybridized carbons (Fsp3) is 0.312. The Labute approximate surface area is 148 Å². The van der Waals surface area contributed by atoms with E-state index in [0.29, 0.717) is 28.2 Å². The second-order valence-corrected chi connectivity index (χ2v) is 7.57. The molecule has 3 rings (SSSR count). The van der Waals surface area contributed by atoms with Crippen molar-refractivity contribution in [1.29, 1.82) is 0 Å². The molecule has 126 valence electrons. The normalized spacial score (nSPS) is 13.6. The van der Waals surface area contributed by atoms with E-state index in [-0.39, 0.29) is 11.6 Å². The molecule has 1 aromatic carbocycles. The first-order valence-corrected chi connectivity index (χ1v) is 8.68. The summed E-state index contributed by atoms with van der Waals surface area (Å²) in [5.74, 6) is -0.263. The number of hydrogen-bond acceptors (Lipinski definition) is 5. The quantitative estimate of drug-likeness (QED) is 0.616. The van der Waals surface area contributed by atoms with Crippen molar-refractivity contribution < 1.29 is 9.72 Å². The number of carbonyl (C=O) groups excluding carboxylic acids is 1. The molecule has 1 saturated carbocycles. The van der Waals surface area contributed by atoms with Crippen LogP contribution in [-0.2, 0) is 6.54 Å². The van der Waals surface area contributed by atoms with Crippen molar-refractivity contribution in [2.24, 2.45) is 0 Å². The van der Waals surface area contributed by atoms with Gasteiger partial charge in [-0.15, -0.1) is 11.3 Å². The third-order valence-electron chi connectivity index (χ3n) is 3.75. The van der Waals surface area contributed by atoms with Crippen LogP contribution >= 0.6 is 22.9 Å². The van der Waals surface area contributed by atoms with Crippen molar-refractivity contribution in [3.05, 3.63) is 55.2 Å². The smallest absolute Gasteiger partial charge is 0.293 e. The number of nitrogens with zero attached hydrogens (tertiary/aromatic N) is 2. The van der Waals surface area contributed by atoms with E-state index in [4.69, 9.17) is 11.6 Å². The molecule has 0 atom stereocenters. The summed E-state index contributed by atoms with van der Waals surface area (Å²) in [5.41, 5.74) is 0.695. The van der Waals surface area contributed by atoms with E-state index in [2.05, 4.69) is 5.32 Å². The number of thiophene rings is 1. The third kappa shape index (κ3) is 3.85. The molecular weight excluding hydrogens is 350 g/mol. The van der Waals surface area contributed by atoms with Crippen molar-refractivity contribution in [3.8, 4) is 0 Å². The summed E-state index contributed by atoms with van der Waals surface area (Å²) in [6.07, 6.45) is 2.04. The molecule has 1 amide bonds. The average Bonchev–Trinajstić information content (AvgIpc) is 3.27. The lowest BCUT2D eigenvalue weighted by atomic mass is 10.1. The Morgan fingerprint density at radius 2 is 2.17 bits per heavy atom. The standard InChI is InChI=1S/C16H16ClN3O3S/c1-19(9-12-5-7-15(17)24-12)16(21)10-2-6-13(18-11-3-4-11)14(8-10)20(22)23/h2,5-8,11,18H,3-4,9H2,1H3. The molecule has 0 unspecified atom stereocenters. The van der Waals surface area contributed by atoms with Crippen molar-refractivity contribution in [3.63, 3.8) is 0 Å². The largest absolute Gasteiger partial charge is 0.377 e. The summed E-state index contributed by atoms with van der Waals surface area (Å²) in [5, 5.41) is 14.4. The van der Waals surface area contributed by atoms with Gasteiger partial charge >= 0.3 is 0 Å². The number of hydrogen-bond donors (Lipinski definition) is 1. The van der Waals surface area contributed by atoms with Crippen molar-refractivity contribution >= 4 is 40.2 Å². The van der Waals surface area contributed by atoms with E-state index in [1.165, 1.54) is 22.3 Å². The zero-order valence-corrected chi connectivity index (χ0v) is 14.6. The first kappa shape index (κ1) is 16.7. The van der Waals surface area contributed by atoms with Crippen LogP contribution in [0.4, 0.5) is 11.4 Å². The highest BCUT2D eigenvalue weighted by atomic mass is 35.5. The summed E-state index contributed by atoms with van der Waals surface area (Å²) in [6, 6.07) is 8.52. The summed E-state index contributed by atoms with van der Waals surface area (Å²) in [7, 11) is 1.66. The SMILES string of the molecule is CN(Cc1ccc(Cl)s1)C(=O)c1ccc(NC2CC2)c([N+](=O)[O-])c1. The number of benzene rings is 1. The zero-order valence-electron chi connectivity index (χ0n) is 13.0. The third-order valence-corrected chi connectivity index (χ3v) is 4.96. The van der Waals surface area contributed by atoms with Gasteiger partial charge in [0.1, 0.15) is 5.69 Å². The monoisotopic (exact) mass is 365 g/mol. The first-order chi connectivity index (χ1) is 11.4. The maximum atomic E-state index is 12.5. The van der Waals surface area contributed by atoms with Gasteiger partial charge in [-0.3, -0.25) is 14.9 Å². The van der Waals surface area contributed by atoms with Gasteiger partial charge in [0.05, 0.1) is 15.8 Å². The van der Waals surface area contributed by atoms with E-state index >= 15 is 0 Å². The van der Waals surface area contributed by atoms with Gasteiger partial charge in [-0.2, -0.15) is 0 Å². The van der Waals surface area contributed by atoms with Gasteiger partial charge < -0.3 is 10.2 Å². The average molecular weight is 366 g/mol. The summed E-state index contributed by atoms with van der Waals surface area (Å²) < 4.78 is 0.664. The lowest BCUT2D eigenvalue weighted by Crippen LogP contribution is -2.25. The molecule has 1 fully saturated rings. The van der Waals surface area contributed by atoms with Crippen LogP contribution < -0.4 is 5.32 Å². The molecule has 1 aliphatic carbocycles. The van der Waals surface area contributed by atoms with Crippen LogP contribution in [0.1, 0.15) is 28.1 Å². The minimum absolute atomic E-state index is 0.0691. The highest BCUT2D eigenvalue weighted by molar-refractivity contribution is 7.16. The number of rotatable bonds is 6.